The zero-order chi connectivity index (χ0) is 14.0. The third-order valence-corrected chi connectivity index (χ3v) is 3.88. The van der Waals surface area contributed by atoms with Gasteiger partial charge in [0.1, 0.15) is 5.57 Å². The van der Waals surface area contributed by atoms with E-state index in [0.717, 1.165) is 25.8 Å². The van der Waals surface area contributed by atoms with Gasteiger partial charge in [0.25, 0.3) is 11.8 Å². The molecule has 2 fully saturated rings. The maximum atomic E-state index is 11.7. The van der Waals surface area contributed by atoms with Crippen LogP contribution in [0.5, 0.6) is 0 Å². The molecule has 0 spiro atoms. The van der Waals surface area contributed by atoms with E-state index in [1.54, 1.807) is 6.08 Å². The molecule has 0 bridgehead atoms. The SMILES string of the molecule is CCC1CCCN(C)C1C=C1C(=O)NC(=O)NC1=O. The number of nitrogens with zero attached hydrogens (tertiary/aromatic N) is 1. The summed E-state index contributed by atoms with van der Waals surface area (Å²) in [4.78, 5) is 36.6. The van der Waals surface area contributed by atoms with Crippen LogP contribution in [0.3, 0.4) is 0 Å². The first-order valence-corrected chi connectivity index (χ1v) is 6.61. The Bertz CT molecular complexity index is 422. The van der Waals surface area contributed by atoms with Gasteiger partial charge in [-0.05, 0) is 38.4 Å². The van der Waals surface area contributed by atoms with Crippen molar-refractivity contribution >= 4 is 17.8 Å². The Balaban J connectivity index is 2.24. The Labute approximate surface area is 112 Å². The summed E-state index contributed by atoms with van der Waals surface area (Å²) < 4.78 is 0. The van der Waals surface area contributed by atoms with E-state index in [9.17, 15) is 14.4 Å². The lowest BCUT2D eigenvalue weighted by Crippen LogP contribution is -2.52. The van der Waals surface area contributed by atoms with Crippen molar-refractivity contribution in [2.24, 2.45) is 5.92 Å². The van der Waals surface area contributed by atoms with Gasteiger partial charge in [0.2, 0.25) is 0 Å². The molecular formula is C13H19N3O3. The number of hydrogen-bond acceptors (Lipinski definition) is 4. The second-order valence-corrected chi connectivity index (χ2v) is 5.10. The molecule has 6 nitrogen and oxygen atoms in total. The second kappa shape index (κ2) is 5.52. The van der Waals surface area contributed by atoms with E-state index >= 15 is 0 Å². The highest BCUT2D eigenvalue weighted by molar-refractivity contribution is 6.28. The maximum Gasteiger partial charge on any atom is 0.328 e. The average molecular weight is 265 g/mol. The van der Waals surface area contributed by atoms with Gasteiger partial charge in [-0.3, -0.25) is 25.1 Å². The van der Waals surface area contributed by atoms with Gasteiger partial charge in [-0.1, -0.05) is 13.3 Å². The molecule has 19 heavy (non-hydrogen) atoms. The van der Waals surface area contributed by atoms with Crippen LogP contribution in [0, 0.1) is 5.92 Å². The van der Waals surface area contributed by atoms with Crippen molar-refractivity contribution in [3.05, 3.63) is 11.6 Å². The summed E-state index contributed by atoms with van der Waals surface area (Å²) in [5.41, 5.74) is 0.0387. The molecular weight excluding hydrogens is 246 g/mol. The topological polar surface area (TPSA) is 78.5 Å². The number of barbiturate groups is 1. The highest BCUT2D eigenvalue weighted by Crippen LogP contribution is 2.27. The number of urea groups is 1. The molecule has 4 amide bonds. The highest BCUT2D eigenvalue weighted by atomic mass is 16.2. The molecule has 2 atom stereocenters. The lowest BCUT2D eigenvalue weighted by molar-refractivity contribution is -0.124. The van der Waals surface area contributed by atoms with E-state index in [0.29, 0.717) is 5.92 Å². The number of hydrogen-bond donors (Lipinski definition) is 2. The predicted molar refractivity (Wildman–Crippen MR) is 69.2 cm³/mol. The first-order chi connectivity index (χ1) is 9.02. The van der Waals surface area contributed by atoms with E-state index in [4.69, 9.17) is 0 Å². The molecule has 0 aromatic rings. The normalized spacial score (nSPS) is 28.9. The van der Waals surface area contributed by atoms with E-state index in [1.807, 2.05) is 7.05 Å². The predicted octanol–water partition coefficient (Wildman–Crippen LogP) is 0.399. The van der Waals surface area contributed by atoms with Crippen LogP contribution in [0.4, 0.5) is 4.79 Å². The Kier molecular flexibility index (Phi) is 3.99. The Morgan fingerprint density at radius 3 is 2.47 bits per heavy atom. The first-order valence-electron chi connectivity index (χ1n) is 6.61. The number of imide groups is 2. The Morgan fingerprint density at radius 1 is 1.26 bits per heavy atom. The van der Waals surface area contributed by atoms with Crippen LogP contribution >= 0.6 is 0 Å². The van der Waals surface area contributed by atoms with Gasteiger partial charge in [-0.25, -0.2) is 4.79 Å². The standard InChI is InChI=1S/C13H19N3O3/c1-3-8-5-4-6-16(2)10(8)7-9-11(17)14-13(19)15-12(9)18/h7-8,10H,3-6H2,1-2H3,(H2,14,15,17,18,19). The summed E-state index contributed by atoms with van der Waals surface area (Å²) >= 11 is 0. The molecule has 2 N–H and O–H groups in total. The zero-order valence-electron chi connectivity index (χ0n) is 11.2. The first kappa shape index (κ1) is 13.7. The van der Waals surface area contributed by atoms with Crippen molar-refractivity contribution in [1.82, 2.24) is 15.5 Å². The van der Waals surface area contributed by atoms with Gasteiger partial charge in [0.05, 0.1) is 0 Å². The summed E-state index contributed by atoms with van der Waals surface area (Å²) in [6.07, 6.45) is 4.93. The summed E-state index contributed by atoms with van der Waals surface area (Å²) in [6.45, 7) is 3.06. The van der Waals surface area contributed by atoms with Crippen LogP contribution in [0.15, 0.2) is 11.6 Å². The third-order valence-electron chi connectivity index (χ3n) is 3.88. The van der Waals surface area contributed by atoms with Crippen LogP contribution < -0.4 is 10.6 Å². The fourth-order valence-corrected chi connectivity index (χ4v) is 2.79. The van der Waals surface area contributed by atoms with Crippen molar-refractivity contribution in [3.8, 4) is 0 Å². The molecule has 2 unspecified atom stereocenters. The fraction of sp³-hybridized carbons (Fsp3) is 0.615. The molecule has 2 aliphatic heterocycles. The van der Waals surface area contributed by atoms with Crippen LogP contribution in [-0.4, -0.2) is 42.4 Å². The van der Waals surface area contributed by atoms with Crippen molar-refractivity contribution in [1.29, 1.82) is 0 Å². The number of amides is 4. The Morgan fingerprint density at radius 2 is 1.89 bits per heavy atom. The number of piperidine rings is 1. The Hall–Kier alpha value is -1.69. The molecule has 0 radical (unpaired) electrons. The minimum Gasteiger partial charge on any atom is -0.300 e. The molecule has 0 aliphatic carbocycles. The maximum absolute atomic E-state index is 11.7. The van der Waals surface area contributed by atoms with Crippen molar-refractivity contribution in [2.45, 2.75) is 32.2 Å². The largest absolute Gasteiger partial charge is 0.328 e. The number of carbonyl (C=O) groups is 3. The summed E-state index contributed by atoms with van der Waals surface area (Å²) in [7, 11) is 1.99. The molecule has 2 rings (SSSR count). The molecule has 6 heteroatoms. The lowest BCUT2D eigenvalue weighted by atomic mass is 9.86. The van der Waals surface area contributed by atoms with Crippen molar-refractivity contribution < 1.29 is 14.4 Å². The van der Waals surface area contributed by atoms with Gasteiger partial charge in [0, 0.05) is 6.04 Å². The van der Waals surface area contributed by atoms with Gasteiger partial charge in [0.15, 0.2) is 0 Å². The molecule has 0 aromatic heterocycles. The summed E-state index contributed by atoms with van der Waals surface area (Å²) in [5.74, 6) is -0.783. The van der Waals surface area contributed by atoms with E-state index < -0.39 is 17.8 Å². The number of carbonyl (C=O) groups excluding carboxylic acids is 3. The van der Waals surface area contributed by atoms with E-state index in [2.05, 4.69) is 22.5 Å². The van der Waals surface area contributed by atoms with Crippen LogP contribution in [0.1, 0.15) is 26.2 Å². The molecule has 2 saturated heterocycles. The molecule has 0 aromatic carbocycles. The summed E-state index contributed by atoms with van der Waals surface area (Å²) in [5, 5.41) is 4.20. The van der Waals surface area contributed by atoms with Crippen molar-refractivity contribution in [3.63, 3.8) is 0 Å². The van der Waals surface area contributed by atoms with E-state index in [-0.39, 0.29) is 11.6 Å². The quantitative estimate of drug-likeness (QED) is 0.559. The monoisotopic (exact) mass is 265 g/mol. The number of likely N-dealkylation sites (tertiary alicyclic amines) is 1. The number of rotatable bonds is 2. The fourth-order valence-electron chi connectivity index (χ4n) is 2.79. The third kappa shape index (κ3) is 2.84. The van der Waals surface area contributed by atoms with Gasteiger partial charge in [-0.15, -0.1) is 0 Å². The molecule has 104 valence electrons. The minimum atomic E-state index is -0.754. The minimum absolute atomic E-state index is 0.0387. The smallest absolute Gasteiger partial charge is 0.300 e. The van der Waals surface area contributed by atoms with Crippen molar-refractivity contribution in [2.75, 3.05) is 13.6 Å². The van der Waals surface area contributed by atoms with Crippen LogP contribution in [-0.2, 0) is 9.59 Å². The lowest BCUT2D eigenvalue weighted by Gasteiger charge is -2.37. The number of likely N-dealkylation sites (N-methyl/N-ethyl adjacent to an activating group) is 1. The van der Waals surface area contributed by atoms with Crippen LogP contribution in [0.25, 0.3) is 0 Å². The average Bonchev–Trinajstić information content (AvgIpc) is 2.34. The van der Waals surface area contributed by atoms with Gasteiger partial charge >= 0.3 is 6.03 Å². The van der Waals surface area contributed by atoms with Gasteiger partial charge < -0.3 is 0 Å². The van der Waals surface area contributed by atoms with Gasteiger partial charge in [-0.2, -0.15) is 0 Å². The zero-order valence-corrected chi connectivity index (χ0v) is 11.2. The van der Waals surface area contributed by atoms with E-state index in [1.165, 1.54) is 0 Å². The second-order valence-electron chi connectivity index (χ2n) is 5.10. The van der Waals surface area contributed by atoms with Crippen LogP contribution in [0.2, 0.25) is 0 Å². The highest BCUT2D eigenvalue weighted by Gasteiger charge is 2.32. The molecule has 2 heterocycles. The molecule has 2 aliphatic rings. The number of nitrogens with one attached hydrogen (secondary N) is 2. The summed E-state index contributed by atoms with van der Waals surface area (Å²) in [6, 6.07) is -0.686. The molecule has 0 saturated carbocycles.